The van der Waals surface area contributed by atoms with Gasteiger partial charge in [-0.15, -0.1) is 11.8 Å². The van der Waals surface area contributed by atoms with Gasteiger partial charge in [-0.3, -0.25) is 4.79 Å². The van der Waals surface area contributed by atoms with E-state index in [1.165, 1.54) is 18.9 Å². The second-order valence-electron chi connectivity index (χ2n) is 2.55. The van der Waals surface area contributed by atoms with Crippen molar-refractivity contribution in [2.24, 2.45) is 0 Å². The summed E-state index contributed by atoms with van der Waals surface area (Å²) in [5.74, 6) is 0.0503. The summed E-state index contributed by atoms with van der Waals surface area (Å²) in [6.45, 7) is 0. The van der Waals surface area contributed by atoms with Crippen LogP contribution in [0.1, 0.15) is 0 Å². The van der Waals surface area contributed by atoms with Crippen LogP contribution in [0, 0.1) is 3.57 Å². The highest BCUT2D eigenvalue weighted by molar-refractivity contribution is 14.1. The fraction of sp³-hybridized carbons (Fsp3) is 0.222. The molecule has 0 fully saturated rings. The first kappa shape index (κ1) is 11.6. The highest BCUT2D eigenvalue weighted by Crippen LogP contribution is 2.26. The lowest BCUT2D eigenvalue weighted by atomic mass is 10.3. The highest BCUT2D eigenvalue weighted by atomic mass is 127. The topological polar surface area (TPSA) is 52.3 Å². The first-order valence-corrected chi connectivity index (χ1v) is 5.94. The predicted molar refractivity (Wildman–Crippen MR) is 66.3 cm³/mol. The van der Waals surface area contributed by atoms with Gasteiger partial charge in [0.25, 0.3) is 0 Å². The third-order valence-electron chi connectivity index (χ3n) is 1.55. The summed E-state index contributed by atoms with van der Waals surface area (Å²) >= 11 is 3.58. The molecule has 0 amide bonds. The van der Waals surface area contributed by atoms with Gasteiger partial charge in [0.05, 0.1) is 12.9 Å². The number of hydrogen-bond donors (Lipinski definition) is 1. The molecule has 0 saturated carbocycles. The van der Waals surface area contributed by atoms with Crippen molar-refractivity contribution >= 4 is 46.0 Å². The summed E-state index contributed by atoms with van der Waals surface area (Å²) in [5, 5.41) is 0. The first-order valence-electron chi connectivity index (χ1n) is 3.88. The maximum Gasteiger partial charge on any atom is 0.315 e. The van der Waals surface area contributed by atoms with Crippen LogP contribution >= 0.6 is 34.4 Å². The standard InChI is InChI=1S/C9H10INO2S/c1-13-9(12)5-14-8-3-2-6(10)4-7(8)11/h2-4H,5,11H2,1H3. The number of thioether (sulfide) groups is 1. The fourth-order valence-corrected chi connectivity index (χ4v) is 2.14. The van der Waals surface area contributed by atoms with Crippen LogP contribution < -0.4 is 5.73 Å². The molecule has 14 heavy (non-hydrogen) atoms. The Morgan fingerprint density at radius 2 is 2.36 bits per heavy atom. The van der Waals surface area contributed by atoms with E-state index in [2.05, 4.69) is 27.3 Å². The lowest BCUT2D eigenvalue weighted by Crippen LogP contribution is -2.03. The number of hydrogen-bond acceptors (Lipinski definition) is 4. The van der Waals surface area contributed by atoms with Crippen molar-refractivity contribution in [1.82, 2.24) is 0 Å². The zero-order valence-corrected chi connectivity index (χ0v) is 10.6. The molecule has 0 radical (unpaired) electrons. The summed E-state index contributed by atoms with van der Waals surface area (Å²) in [6, 6.07) is 5.74. The Labute approximate surface area is 101 Å². The Morgan fingerprint density at radius 3 is 2.93 bits per heavy atom. The molecular formula is C9H10INO2S. The molecule has 1 aromatic rings. The molecule has 0 bridgehead atoms. The summed E-state index contributed by atoms with van der Waals surface area (Å²) < 4.78 is 5.62. The zero-order valence-electron chi connectivity index (χ0n) is 7.62. The van der Waals surface area contributed by atoms with E-state index in [0.717, 1.165) is 8.47 Å². The maximum absolute atomic E-state index is 10.9. The molecule has 0 atom stereocenters. The average molecular weight is 323 g/mol. The van der Waals surface area contributed by atoms with Crippen LogP contribution in [-0.2, 0) is 9.53 Å². The number of anilines is 1. The van der Waals surface area contributed by atoms with E-state index >= 15 is 0 Å². The van der Waals surface area contributed by atoms with Crippen LogP contribution in [0.4, 0.5) is 5.69 Å². The lowest BCUT2D eigenvalue weighted by Gasteiger charge is -2.04. The molecule has 76 valence electrons. The molecule has 5 heteroatoms. The van der Waals surface area contributed by atoms with Crippen molar-refractivity contribution < 1.29 is 9.53 Å². The maximum atomic E-state index is 10.9. The largest absolute Gasteiger partial charge is 0.468 e. The van der Waals surface area contributed by atoms with Gasteiger partial charge in [0.15, 0.2) is 0 Å². The molecule has 0 aliphatic carbocycles. The second kappa shape index (κ2) is 5.45. The van der Waals surface area contributed by atoms with Crippen LogP contribution in [0.25, 0.3) is 0 Å². The van der Waals surface area contributed by atoms with Gasteiger partial charge in [0, 0.05) is 14.2 Å². The van der Waals surface area contributed by atoms with Crippen LogP contribution in [0.2, 0.25) is 0 Å². The third kappa shape index (κ3) is 3.38. The summed E-state index contributed by atoms with van der Waals surface area (Å²) in [6.07, 6.45) is 0. The van der Waals surface area contributed by atoms with E-state index in [0.29, 0.717) is 11.4 Å². The number of nitrogens with two attached hydrogens (primary N) is 1. The molecule has 0 aromatic heterocycles. The van der Waals surface area contributed by atoms with Gasteiger partial charge in [-0.2, -0.15) is 0 Å². The van der Waals surface area contributed by atoms with Gasteiger partial charge in [-0.05, 0) is 40.8 Å². The lowest BCUT2D eigenvalue weighted by molar-refractivity contribution is -0.137. The average Bonchev–Trinajstić information content (AvgIpc) is 2.16. The molecule has 0 aliphatic rings. The Bertz CT molecular complexity index is 344. The van der Waals surface area contributed by atoms with Crippen LogP contribution in [-0.4, -0.2) is 18.8 Å². The molecule has 0 saturated heterocycles. The van der Waals surface area contributed by atoms with Crippen molar-refractivity contribution in [1.29, 1.82) is 0 Å². The normalized spacial score (nSPS) is 9.86. The van der Waals surface area contributed by atoms with Crippen molar-refractivity contribution in [2.45, 2.75) is 4.90 Å². The molecule has 1 aromatic carbocycles. The van der Waals surface area contributed by atoms with E-state index in [4.69, 9.17) is 5.73 Å². The van der Waals surface area contributed by atoms with Crippen molar-refractivity contribution in [3.05, 3.63) is 21.8 Å². The molecular weight excluding hydrogens is 313 g/mol. The van der Waals surface area contributed by atoms with E-state index in [9.17, 15) is 4.79 Å². The fourth-order valence-electron chi connectivity index (χ4n) is 0.846. The van der Waals surface area contributed by atoms with Gasteiger partial charge in [0.2, 0.25) is 0 Å². The van der Waals surface area contributed by atoms with Crippen molar-refractivity contribution in [2.75, 3.05) is 18.6 Å². The number of rotatable bonds is 3. The third-order valence-corrected chi connectivity index (χ3v) is 3.28. The van der Waals surface area contributed by atoms with Crippen molar-refractivity contribution in [3.63, 3.8) is 0 Å². The minimum Gasteiger partial charge on any atom is -0.468 e. The molecule has 0 aliphatic heterocycles. The molecule has 0 spiro atoms. The number of nitrogen functional groups attached to an aromatic ring is 1. The summed E-state index contributed by atoms with van der Waals surface area (Å²) in [4.78, 5) is 11.8. The number of carbonyl (C=O) groups is 1. The Kier molecular flexibility index (Phi) is 4.53. The molecule has 2 N–H and O–H groups in total. The monoisotopic (exact) mass is 323 g/mol. The van der Waals surface area contributed by atoms with Crippen LogP contribution in [0.15, 0.2) is 23.1 Å². The minimum absolute atomic E-state index is 0.243. The summed E-state index contributed by atoms with van der Waals surface area (Å²) in [7, 11) is 1.38. The highest BCUT2D eigenvalue weighted by Gasteiger charge is 2.04. The number of benzene rings is 1. The van der Waals surface area contributed by atoms with Crippen LogP contribution in [0.3, 0.4) is 0 Å². The zero-order chi connectivity index (χ0) is 10.6. The van der Waals surface area contributed by atoms with E-state index < -0.39 is 0 Å². The summed E-state index contributed by atoms with van der Waals surface area (Å²) in [5.41, 5.74) is 6.47. The van der Waals surface area contributed by atoms with Crippen molar-refractivity contribution in [3.8, 4) is 0 Å². The quantitative estimate of drug-likeness (QED) is 0.401. The molecule has 1 rings (SSSR count). The van der Waals surface area contributed by atoms with Gasteiger partial charge in [0.1, 0.15) is 0 Å². The molecule has 0 heterocycles. The SMILES string of the molecule is COC(=O)CSc1ccc(I)cc1N. The number of halogens is 1. The minimum atomic E-state index is -0.243. The second-order valence-corrected chi connectivity index (χ2v) is 4.81. The number of ether oxygens (including phenoxy) is 1. The smallest absolute Gasteiger partial charge is 0.315 e. The molecule has 0 unspecified atom stereocenters. The van der Waals surface area contributed by atoms with E-state index in [1.54, 1.807) is 0 Å². The van der Waals surface area contributed by atoms with Gasteiger partial charge >= 0.3 is 5.97 Å². The first-order chi connectivity index (χ1) is 6.63. The van der Waals surface area contributed by atoms with Gasteiger partial charge in [-0.25, -0.2) is 0 Å². The van der Waals surface area contributed by atoms with Gasteiger partial charge < -0.3 is 10.5 Å². The Morgan fingerprint density at radius 1 is 1.64 bits per heavy atom. The van der Waals surface area contributed by atoms with Crippen LogP contribution in [0.5, 0.6) is 0 Å². The van der Waals surface area contributed by atoms with Gasteiger partial charge in [-0.1, -0.05) is 0 Å². The number of carbonyl (C=O) groups excluding carboxylic acids is 1. The van der Waals surface area contributed by atoms with E-state index in [1.807, 2.05) is 18.2 Å². The molecule has 3 nitrogen and oxygen atoms in total. The Hall–Kier alpha value is -0.430. The Balaban J connectivity index is 2.63. The number of methoxy groups -OCH3 is 1. The predicted octanol–water partition coefficient (Wildman–Crippen LogP) is 2.14. The number of esters is 1. The van der Waals surface area contributed by atoms with E-state index in [-0.39, 0.29) is 5.97 Å².